The van der Waals surface area contributed by atoms with Crippen LogP contribution in [-0.4, -0.2) is 27.0 Å². The lowest BCUT2D eigenvalue weighted by Gasteiger charge is -2.23. The highest BCUT2D eigenvalue weighted by atomic mass is 35.5. The van der Waals surface area contributed by atoms with E-state index < -0.39 is 22.1 Å². The Labute approximate surface area is 163 Å². The fourth-order valence-corrected chi connectivity index (χ4v) is 3.91. The van der Waals surface area contributed by atoms with Crippen LogP contribution in [-0.2, 0) is 14.8 Å². The minimum atomic E-state index is -3.99. The normalized spacial score (nSPS) is 11.9. The van der Waals surface area contributed by atoms with Gasteiger partial charge in [0.1, 0.15) is 6.07 Å². The van der Waals surface area contributed by atoms with Gasteiger partial charge < -0.3 is 4.74 Å². The van der Waals surface area contributed by atoms with E-state index in [-0.39, 0.29) is 22.0 Å². The van der Waals surface area contributed by atoms with E-state index in [9.17, 15) is 13.2 Å². The maximum Gasteiger partial charge on any atom is 0.340 e. The number of sulfonamides is 1. The molecule has 0 aliphatic heterocycles. The van der Waals surface area contributed by atoms with Crippen molar-refractivity contribution in [3.8, 4) is 6.07 Å². The molecule has 0 fully saturated rings. The number of carbonyl (C=O) groups excluding carboxylic acids is 1. The van der Waals surface area contributed by atoms with Crippen molar-refractivity contribution in [2.75, 3.05) is 10.8 Å². The van der Waals surface area contributed by atoms with Gasteiger partial charge >= 0.3 is 5.97 Å². The van der Waals surface area contributed by atoms with E-state index in [4.69, 9.17) is 21.6 Å². The molecule has 0 N–H and O–H groups in total. The Hall–Kier alpha value is -2.82. The first-order valence-electron chi connectivity index (χ1n) is 7.90. The number of nitriles is 1. The predicted octanol–water partition coefficient (Wildman–Crippen LogP) is 3.79. The molecule has 0 spiro atoms. The molecule has 2 aromatic rings. The van der Waals surface area contributed by atoms with Crippen molar-refractivity contribution < 1.29 is 17.9 Å². The van der Waals surface area contributed by atoms with Gasteiger partial charge in [0, 0.05) is 0 Å². The third kappa shape index (κ3) is 4.67. The summed E-state index contributed by atoms with van der Waals surface area (Å²) in [4.78, 5) is 12.1. The third-order valence-corrected chi connectivity index (χ3v) is 5.67. The van der Waals surface area contributed by atoms with Crippen molar-refractivity contribution in [3.63, 3.8) is 0 Å². The van der Waals surface area contributed by atoms with Crippen molar-refractivity contribution in [1.29, 1.82) is 5.26 Å². The molecule has 8 heteroatoms. The number of para-hydroxylation sites is 1. The van der Waals surface area contributed by atoms with E-state index in [1.54, 1.807) is 36.4 Å². The molecule has 0 bridgehead atoms. The molecule has 140 valence electrons. The molecule has 0 amide bonds. The molecule has 0 radical (unpaired) electrons. The highest BCUT2D eigenvalue weighted by Gasteiger charge is 2.26. The summed E-state index contributed by atoms with van der Waals surface area (Å²) in [6.07, 6.45) is 0.472. The number of hydrogen-bond donors (Lipinski definition) is 0. The van der Waals surface area contributed by atoms with Gasteiger partial charge in [0.25, 0.3) is 10.0 Å². The van der Waals surface area contributed by atoms with Crippen molar-refractivity contribution >= 4 is 33.3 Å². The van der Waals surface area contributed by atoms with Crippen LogP contribution in [0.25, 0.3) is 0 Å². The zero-order valence-electron chi connectivity index (χ0n) is 14.5. The summed E-state index contributed by atoms with van der Waals surface area (Å²) < 4.78 is 32.3. The Morgan fingerprint density at radius 3 is 2.59 bits per heavy atom. The van der Waals surface area contributed by atoms with Crippen LogP contribution < -0.4 is 4.31 Å². The second-order valence-corrected chi connectivity index (χ2v) is 7.75. The summed E-state index contributed by atoms with van der Waals surface area (Å²) in [5, 5.41) is 8.80. The maximum atomic E-state index is 13.1. The second kappa shape index (κ2) is 8.71. The van der Waals surface area contributed by atoms with Gasteiger partial charge in [0.2, 0.25) is 0 Å². The average molecular weight is 405 g/mol. The van der Waals surface area contributed by atoms with Crippen molar-refractivity contribution in [2.45, 2.75) is 17.9 Å². The summed E-state index contributed by atoms with van der Waals surface area (Å²) in [5.74, 6) is -0.874. The minimum Gasteiger partial charge on any atom is -0.444 e. The molecule has 0 aliphatic rings. The lowest BCUT2D eigenvalue weighted by Crippen LogP contribution is -2.31. The number of rotatable bonds is 7. The van der Waals surface area contributed by atoms with Gasteiger partial charge in [-0.05, 0) is 37.3 Å². The van der Waals surface area contributed by atoms with Gasteiger partial charge in [-0.2, -0.15) is 5.26 Å². The Bertz CT molecular complexity index is 985. The molecular weight excluding hydrogens is 388 g/mol. The first-order chi connectivity index (χ1) is 12.8. The van der Waals surface area contributed by atoms with Crippen LogP contribution in [0.3, 0.4) is 0 Å². The Morgan fingerprint density at radius 1 is 1.33 bits per heavy atom. The maximum absolute atomic E-state index is 13.1. The van der Waals surface area contributed by atoms with Crippen LogP contribution >= 0.6 is 11.6 Å². The van der Waals surface area contributed by atoms with Crippen molar-refractivity contribution in [2.24, 2.45) is 0 Å². The molecule has 1 atom stereocenters. The third-order valence-electron chi connectivity index (χ3n) is 3.55. The number of ether oxygens (including phenoxy) is 1. The van der Waals surface area contributed by atoms with Gasteiger partial charge in [-0.3, -0.25) is 4.31 Å². The zero-order valence-corrected chi connectivity index (χ0v) is 16.1. The number of esters is 1. The number of halogens is 1. The largest absolute Gasteiger partial charge is 0.444 e. The van der Waals surface area contributed by atoms with E-state index in [1.807, 2.05) is 0 Å². The molecular formula is C19H17ClN2O4S. The van der Waals surface area contributed by atoms with Crippen molar-refractivity contribution in [1.82, 2.24) is 0 Å². The standard InChI is InChI=1S/C19H17ClN2O4S/c1-3-11-22(15-7-5-4-6-8-15)27(24,25)16-9-10-18(20)17(12-16)19(23)26-14(2)13-21/h3-10,12,14H,1,11H2,2H3/t14-/m1/s1. The molecule has 0 saturated heterocycles. The SMILES string of the molecule is C=CCN(c1ccccc1)S(=O)(=O)c1ccc(Cl)c(C(=O)O[C@H](C)C#N)c1. The number of anilines is 1. The van der Waals surface area contributed by atoms with E-state index >= 15 is 0 Å². The van der Waals surface area contributed by atoms with E-state index in [2.05, 4.69) is 6.58 Å². The van der Waals surface area contributed by atoms with Crippen LogP contribution in [0.5, 0.6) is 0 Å². The van der Waals surface area contributed by atoms with Crippen LogP contribution in [0.15, 0.2) is 66.1 Å². The van der Waals surface area contributed by atoms with E-state index in [0.717, 1.165) is 10.4 Å². The zero-order chi connectivity index (χ0) is 20.0. The average Bonchev–Trinajstić information content (AvgIpc) is 2.66. The first-order valence-corrected chi connectivity index (χ1v) is 9.72. The minimum absolute atomic E-state index is 0.0269. The summed E-state index contributed by atoms with van der Waals surface area (Å²) >= 11 is 6.02. The molecule has 0 saturated carbocycles. The fourth-order valence-electron chi connectivity index (χ4n) is 2.25. The second-order valence-electron chi connectivity index (χ2n) is 5.48. The molecule has 0 aromatic heterocycles. The molecule has 27 heavy (non-hydrogen) atoms. The molecule has 0 aliphatic carbocycles. The van der Waals surface area contributed by atoms with Crippen LogP contribution in [0.1, 0.15) is 17.3 Å². The number of carbonyl (C=O) groups is 1. The number of benzene rings is 2. The van der Waals surface area contributed by atoms with E-state index in [1.165, 1.54) is 25.1 Å². The van der Waals surface area contributed by atoms with Gasteiger partial charge in [0.05, 0.1) is 27.7 Å². The van der Waals surface area contributed by atoms with Crippen LogP contribution in [0.2, 0.25) is 5.02 Å². The monoisotopic (exact) mass is 404 g/mol. The smallest absolute Gasteiger partial charge is 0.340 e. The summed E-state index contributed by atoms with van der Waals surface area (Å²) in [7, 11) is -3.99. The number of hydrogen-bond acceptors (Lipinski definition) is 5. The quantitative estimate of drug-likeness (QED) is 0.517. The van der Waals surface area contributed by atoms with Gasteiger partial charge in [-0.1, -0.05) is 35.9 Å². The summed E-state index contributed by atoms with van der Waals surface area (Å²) in [6.45, 7) is 5.04. The van der Waals surface area contributed by atoms with Gasteiger partial charge in [0.15, 0.2) is 6.10 Å². The Balaban J connectivity index is 2.49. The topological polar surface area (TPSA) is 87.5 Å². The molecule has 2 rings (SSSR count). The lowest BCUT2D eigenvalue weighted by atomic mass is 10.2. The highest BCUT2D eigenvalue weighted by molar-refractivity contribution is 7.92. The number of nitrogens with zero attached hydrogens (tertiary/aromatic N) is 2. The highest BCUT2D eigenvalue weighted by Crippen LogP contribution is 2.27. The van der Waals surface area contributed by atoms with Gasteiger partial charge in [-0.15, -0.1) is 6.58 Å². The van der Waals surface area contributed by atoms with Crippen molar-refractivity contribution in [3.05, 3.63) is 71.8 Å². The summed E-state index contributed by atoms with van der Waals surface area (Å²) in [6, 6.07) is 14.0. The lowest BCUT2D eigenvalue weighted by molar-refractivity contribution is 0.0435. The van der Waals surface area contributed by atoms with E-state index in [0.29, 0.717) is 5.69 Å². The van der Waals surface area contributed by atoms with Gasteiger partial charge in [-0.25, -0.2) is 13.2 Å². The molecule has 6 nitrogen and oxygen atoms in total. The predicted molar refractivity (Wildman–Crippen MR) is 103 cm³/mol. The summed E-state index contributed by atoms with van der Waals surface area (Å²) in [5.41, 5.74) is 0.320. The van der Waals surface area contributed by atoms with Crippen LogP contribution in [0.4, 0.5) is 5.69 Å². The molecule has 0 heterocycles. The molecule has 0 unspecified atom stereocenters. The Morgan fingerprint density at radius 2 is 2.00 bits per heavy atom. The molecule has 2 aromatic carbocycles. The first kappa shape index (κ1) is 20.5. The van der Waals surface area contributed by atoms with Crippen LogP contribution in [0, 0.1) is 11.3 Å². The fraction of sp³-hybridized carbons (Fsp3) is 0.158. The Kier molecular flexibility index (Phi) is 6.61.